The van der Waals surface area contributed by atoms with Gasteiger partial charge in [-0.25, -0.2) is 14.8 Å². The smallest absolute Gasteiger partial charge is 0.354 e. The van der Waals surface area contributed by atoms with Crippen LogP contribution in [0.2, 0.25) is 5.02 Å². The van der Waals surface area contributed by atoms with E-state index in [1.807, 2.05) is 0 Å². The number of halogens is 1. The van der Waals surface area contributed by atoms with Crippen LogP contribution < -0.4 is 0 Å². The lowest BCUT2D eigenvalue weighted by Crippen LogP contribution is -2.06. The van der Waals surface area contributed by atoms with Crippen LogP contribution in [0.15, 0.2) is 36.7 Å². The molecule has 7 heteroatoms. The maximum absolute atomic E-state index is 10.7. The van der Waals surface area contributed by atoms with Crippen LogP contribution >= 0.6 is 11.6 Å². The molecule has 21 heavy (non-hydrogen) atoms. The molecule has 110 valence electrons. The second kappa shape index (κ2) is 7.96. The van der Waals surface area contributed by atoms with Gasteiger partial charge >= 0.3 is 5.97 Å². The largest absolute Gasteiger partial charge is 0.477 e. The van der Waals surface area contributed by atoms with Crippen molar-refractivity contribution >= 4 is 24.0 Å². The number of amides is 1. The molecule has 0 spiro atoms. The Balaban J connectivity index is 0.000000383. The van der Waals surface area contributed by atoms with Gasteiger partial charge in [0.2, 0.25) is 6.41 Å². The van der Waals surface area contributed by atoms with E-state index in [0.717, 1.165) is 12.0 Å². The van der Waals surface area contributed by atoms with Crippen molar-refractivity contribution < 1.29 is 14.7 Å². The predicted molar refractivity (Wildman–Crippen MR) is 79.2 cm³/mol. The zero-order chi connectivity index (χ0) is 15.8. The highest BCUT2D eigenvalue weighted by atomic mass is 35.5. The van der Waals surface area contributed by atoms with Crippen molar-refractivity contribution in [3.63, 3.8) is 0 Å². The first-order chi connectivity index (χ1) is 9.93. The summed E-state index contributed by atoms with van der Waals surface area (Å²) in [7, 11) is 3.38. The molecule has 0 bridgehead atoms. The van der Waals surface area contributed by atoms with Gasteiger partial charge in [-0.3, -0.25) is 4.79 Å². The summed E-state index contributed by atoms with van der Waals surface area (Å²) in [6, 6.07) is 8.45. The number of carbonyl (C=O) groups excluding carboxylic acids is 1. The van der Waals surface area contributed by atoms with E-state index in [1.165, 1.54) is 17.3 Å². The number of benzene rings is 1. The number of hydrogen-bond acceptors (Lipinski definition) is 4. The summed E-state index contributed by atoms with van der Waals surface area (Å²) in [5.41, 5.74) is 1.26. The van der Waals surface area contributed by atoms with Crippen LogP contribution in [0, 0.1) is 0 Å². The fourth-order valence-electron chi connectivity index (χ4n) is 1.28. The molecule has 1 amide bonds. The lowest BCUT2D eigenvalue weighted by Gasteiger charge is -2.01. The van der Waals surface area contributed by atoms with E-state index in [9.17, 15) is 9.59 Å². The van der Waals surface area contributed by atoms with Crippen molar-refractivity contribution in [3.05, 3.63) is 47.4 Å². The van der Waals surface area contributed by atoms with Gasteiger partial charge in [0.1, 0.15) is 6.33 Å². The van der Waals surface area contributed by atoms with Gasteiger partial charge in [-0.1, -0.05) is 23.7 Å². The average Bonchev–Trinajstić information content (AvgIpc) is 2.48. The fraction of sp³-hybridized carbons (Fsp3) is 0.143. The van der Waals surface area contributed by atoms with E-state index in [2.05, 4.69) is 9.97 Å². The van der Waals surface area contributed by atoms with E-state index < -0.39 is 5.97 Å². The molecule has 1 N–H and O–H groups in total. The molecular weight excluding hydrogens is 294 g/mol. The van der Waals surface area contributed by atoms with Crippen LogP contribution in [0.5, 0.6) is 0 Å². The van der Waals surface area contributed by atoms with Crippen molar-refractivity contribution in [2.75, 3.05) is 14.1 Å². The molecule has 0 unspecified atom stereocenters. The predicted octanol–water partition coefficient (Wildman–Crippen LogP) is 2.20. The standard InChI is InChI=1S/C11H7ClN2O2.C3H7NO/c12-8-3-1-2-7(4-8)9-5-10(11(15)16)14-6-13-9;1-4(2)3-5/h1-6H,(H,15,16);3H,1-2H3. The highest BCUT2D eigenvalue weighted by Gasteiger charge is 2.07. The maximum atomic E-state index is 10.7. The Labute approximate surface area is 127 Å². The second-order valence-corrected chi connectivity index (χ2v) is 4.61. The van der Waals surface area contributed by atoms with E-state index in [0.29, 0.717) is 10.7 Å². The van der Waals surface area contributed by atoms with Crippen molar-refractivity contribution in [3.8, 4) is 11.3 Å². The first-order valence-corrected chi connectivity index (χ1v) is 6.25. The molecule has 0 aliphatic carbocycles. The maximum Gasteiger partial charge on any atom is 0.354 e. The second-order valence-electron chi connectivity index (χ2n) is 4.17. The zero-order valence-electron chi connectivity index (χ0n) is 11.5. The molecular formula is C14H14ClN3O3. The van der Waals surface area contributed by atoms with Gasteiger partial charge in [0.05, 0.1) is 5.69 Å². The average molecular weight is 308 g/mol. The summed E-state index contributed by atoms with van der Waals surface area (Å²) in [6.07, 6.45) is 1.97. The molecule has 2 rings (SSSR count). The van der Waals surface area contributed by atoms with Crippen LogP contribution in [0.3, 0.4) is 0 Å². The number of nitrogens with zero attached hydrogens (tertiary/aromatic N) is 3. The minimum absolute atomic E-state index is 0.0371. The minimum atomic E-state index is -1.08. The number of carboxylic acids is 1. The molecule has 0 fully saturated rings. The normalized spacial score (nSPS) is 9.29. The molecule has 6 nitrogen and oxygen atoms in total. The van der Waals surface area contributed by atoms with E-state index in [-0.39, 0.29) is 5.69 Å². The third kappa shape index (κ3) is 5.58. The Morgan fingerprint density at radius 3 is 2.48 bits per heavy atom. The first kappa shape index (κ1) is 16.6. The number of hydrogen-bond donors (Lipinski definition) is 1. The van der Waals surface area contributed by atoms with Gasteiger partial charge in [-0.2, -0.15) is 0 Å². The van der Waals surface area contributed by atoms with Crippen molar-refractivity contribution in [1.82, 2.24) is 14.9 Å². The van der Waals surface area contributed by atoms with E-state index >= 15 is 0 Å². The molecule has 1 aromatic heterocycles. The fourth-order valence-corrected chi connectivity index (χ4v) is 1.47. The van der Waals surface area contributed by atoms with Gasteiger partial charge in [-0.05, 0) is 18.2 Å². The minimum Gasteiger partial charge on any atom is -0.477 e. The monoisotopic (exact) mass is 307 g/mol. The highest BCUT2D eigenvalue weighted by Crippen LogP contribution is 2.20. The quantitative estimate of drug-likeness (QED) is 0.879. The molecule has 0 atom stereocenters. The summed E-state index contributed by atoms with van der Waals surface area (Å²) < 4.78 is 0. The van der Waals surface area contributed by atoms with Crippen molar-refractivity contribution in [1.29, 1.82) is 0 Å². The van der Waals surface area contributed by atoms with Gasteiger partial charge in [0.25, 0.3) is 0 Å². The van der Waals surface area contributed by atoms with Gasteiger partial charge < -0.3 is 10.0 Å². The molecule has 0 aliphatic rings. The molecule has 2 aromatic rings. The summed E-state index contributed by atoms with van der Waals surface area (Å²) in [6.45, 7) is 0. The Morgan fingerprint density at radius 1 is 1.29 bits per heavy atom. The lowest BCUT2D eigenvalue weighted by atomic mass is 10.1. The summed E-state index contributed by atoms with van der Waals surface area (Å²) in [4.78, 5) is 29.3. The molecule has 1 aromatic carbocycles. The van der Waals surface area contributed by atoms with Crippen molar-refractivity contribution in [2.45, 2.75) is 0 Å². The lowest BCUT2D eigenvalue weighted by molar-refractivity contribution is -0.115. The van der Waals surface area contributed by atoms with Gasteiger partial charge in [0.15, 0.2) is 5.69 Å². The number of carboxylic acid groups (broad SMARTS) is 1. The first-order valence-electron chi connectivity index (χ1n) is 5.87. The third-order valence-corrected chi connectivity index (χ3v) is 2.45. The third-order valence-electron chi connectivity index (χ3n) is 2.22. The number of aromatic nitrogens is 2. The van der Waals surface area contributed by atoms with Crippen LogP contribution in [-0.4, -0.2) is 46.4 Å². The Bertz CT molecular complexity index is 632. The molecule has 0 aliphatic heterocycles. The number of rotatable bonds is 3. The number of carbonyl (C=O) groups is 2. The SMILES string of the molecule is CN(C)C=O.O=C(O)c1cc(-c2cccc(Cl)c2)ncn1. The van der Waals surface area contributed by atoms with Crippen LogP contribution in [0.25, 0.3) is 11.3 Å². The highest BCUT2D eigenvalue weighted by molar-refractivity contribution is 6.30. The zero-order valence-corrected chi connectivity index (χ0v) is 12.3. The number of aromatic carboxylic acids is 1. The molecule has 0 radical (unpaired) electrons. The summed E-state index contributed by atoms with van der Waals surface area (Å²) in [5.74, 6) is -1.08. The topological polar surface area (TPSA) is 83.4 Å². The molecule has 0 saturated heterocycles. The van der Waals surface area contributed by atoms with Crippen LogP contribution in [0.4, 0.5) is 0 Å². The van der Waals surface area contributed by atoms with E-state index in [1.54, 1.807) is 38.4 Å². The summed E-state index contributed by atoms with van der Waals surface area (Å²) >= 11 is 5.84. The molecule has 0 saturated carbocycles. The van der Waals surface area contributed by atoms with Crippen LogP contribution in [-0.2, 0) is 4.79 Å². The Hall–Kier alpha value is -2.47. The van der Waals surface area contributed by atoms with E-state index in [4.69, 9.17) is 16.7 Å². The Morgan fingerprint density at radius 2 is 1.95 bits per heavy atom. The van der Waals surface area contributed by atoms with Gasteiger partial charge in [0, 0.05) is 24.7 Å². The van der Waals surface area contributed by atoms with Gasteiger partial charge in [-0.15, -0.1) is 0 Å². The van der Waals surface area contributed by atoms with Crippen molar-refractivity contribution in [2.24, 2.45) is 0 Å². The molecule has 1 heterocycles. The Kier molecular flexibility index (Phi) is 6.29. The van der Waals surface area contributed by atoms with Crippen LogP contribution in [0.1, 0.15) is 10.5 Å². The summed E-state index contributed by atoms with van der Waals surface area (Å²) in [5, 5.41) is 9.37.